The van der Waals surface area contributed by atoms with Crippen LogP contribution in [0.1, 0.15) is 51.9 Å². The Morgan fingerprint density at radius 1 is 1.21 bits per heavy atom. The Labute approximate surface area is 87.4 Å². The Kier molecular flexibility index (Phi) is 1.81. The van der Waals surface area contributed by atoms with Gasteiger partial charge in [-0.05, 0) is 74.2 Å². The van der Waals surface area contributed by atoms with Crippen molar-refractivity contribution in [3.63, 3.8) is 0 Å². The lowest BCUT2D eigenvalue weighted by atomic mass is 9.55. The second-order valence-corrected chi connectivity index (χ2v) is 6.81. The van der Waals surface area contributed by atoms with Gasteiger partial charge in [0.05, 0.1) is 0 Å². The van der Waals surface area contributed by atoms with Crippen LogP contribution in [0.5, 0.6) is 0 Å². The summed E-state index contributed by atoms with van der Waals surface area (Å²) in [7, 11) is 0. The van der Waals surface area contributed by atoms with Gasteiger partial charge in [0.1, 0.15) is 0 Å². The van der Waals surface area contributed by atoms with Crippen LogP contribution in [0.4, 0.5) is 0 Å². The molecule has 2 N–H and O–H groups in total. The van der Waals surface area contributed by atoms with E-state index in [1.165, 1.54) is 44.9 Å². The summed E-state index contributed by atoms with van der Waals surface area (Å²) < 4.78 is 0. The van der Waals surface area contributed by atoms with E-state index < -0.39 is 0 Å². The molecular formula is C13H23N. The fraction of sp³-hybridized carbons (Fsp3) is 1.00. The van der Waals surface area contributed by atoms with E-state index >= 15 is 0 Å². The second-order valence-electron chi connectivity index (χ2n) is 6.81. The van der Waals surface area contributed by atoms with Gasteiger partial charge in [-0.15, -0.1) is 0 Å². The predicted octanol–water partition coefficient (Wildman–Crippen LogP) is 2.94. The van der Waals surface area contributed by atoms with Crippen molar-refractivity contribution in [1.82, 2.24) is 0 Å². The van der Waals surface area contributed by atoms with Crippen LogP contribution in [-0.4, -0.2) is 6.54 Å². The average Bonchev–Trinajstić information content (AvgIpc) is 2.29. The summed E-state index contributed by atoms with van der Waals surface area (Å²) in [6.45, 7) is 3.48. The minimum atomic E-state index is 0.558. The Morgan fingerprint density at radius 2 is 2.00 bits per heavy atom. The normalized spacial score (nSPS) is 56.1. The van der Waals surface area contributed by atoms with E-state index in [2.05, 4.69) is 6.92 Å². The van der Waals surface area contributed by atoms with Crippen LogP contribution >= 0.6 is 0 Å². The number of hydrogen-bond acceptors (Lipinski definition) is 1. The molecule has 4 aliphatic rings. The number of rotatable bonds is 1. The molecule has 0 aromatic heterocycles. The summed E-state index contributed by atoms with van der Waals surface area (Å²) in [4.78, 5) is 0. The third kappa shape index (κ3) is 1.25. The maximum atomic E-state index is 6.05. The lowest BCUT2D eigenvalue weighted by molar-refractivity contribution is 0.00498. The predicted molar refractivity (Wildman–Crippen MR) is 58.9 cm³/mol. The van der Waals surface area contributed by atoms with Crippen LogP contribution in [0.25, 0.3) is 0 Å². The lowest BCUT2D eigenvalue weighted by Gasteiger charge is -2.51. The Morgan fingerprint density at radius 3 is 2.71 bits per heavy atom. The Bertz CT molecular complexity index is 250. The quantitative estimate of drug-likeness (QED) is 0.681. The molecule has 0 spiro atoms. The molecule has 4 saturated carbocycles. The topological polar surface area (TPSA) is 26.0 Å². The monoisotopic (exact) mass is 193 g/mol. The van der Waals surface area contributed by atoms with Crippen LogP contribution in [-0.2, 0) is 0 Å². The van der Waals surface area contributed by atoms with Gasteiger partial charge >= 0.3 is 0 Å². The second kappa shape index (κ2) is 2.75. The molecule has 4 rings (SSSR count). The first-order chi connectivity index (χ1) is 6.63. The summed E-state index contributed by atoms with van der Waals surface area (Å²) in [5.41, 5.74) is 7.28. The Balaban J connectivity index is 1.97. The zero-order valence-corrected chi connectivity index (χ0v) is 9.39. The smallest absolute Gasteiger partial charge is 0.00202 e. The Hall–Kier alpha value is -0.0400. The molecular weight excluding hydrogens is 170 g/mol. The van der Waals surface area contributed by atoms with Gasteiger partial charge in [0, 0.05) is 0 Å². The van der Waals surface area contributed by atoms with Gasteiger partial charge in [0.25, 0.3) is 0 Å². The molecule has 0 aliphatic heterocycles. The zero-order valence-electron chi connectivity index (χ0n) is 9.39. The zero-order chi connectivity index (χ0) is 9.81. The minimum absolute atomic E-state index is 0.558. The fourth-order valence-electron chi connectivity index (χ4n) is 5.18. The molecule has 0 heterocycles. The van der Waals surface area contributed by atoms with Crippen LogP contribution in [0, 0.1) is 22.7 Å². The molecule has 4 aliphatic carbocycles. The molecule has 0 aromatic carbocycles. The van der Waals surface area contributed by atoms with Gasteiger partial charge in [-0.2, -0.15) is 0 Å². The van der Waals surface area contributed by atoms with Crippen molar-refractivity contribution >= 4 is 0 Å². The van der Waals surface area contributed by atoms with Crippen molar-refractivity contribution in [2.75, 3.05) is 6.54 Å². The SMILES string of the molecule is CC12CC3CCC(CN)(CC(C3)C1)C2. The molecule has 0 aromatic rings. The first-order valence-corrected chi connectivity index (χ1v) is 6.33. The summed E-state index contributed by atoms with van der Waals surface area (Å²) in [6.07, 6.45) is 10.3. The molecule has 4 atom stereocenters. The molecule has 80 valence electrons. The summed E-state index contributed by atoms with van der Waals surface area (Å²) in [5.74, 6) is 2.08. The van der Waals surface area contributed by atoms with Crippen LogP contribution in [0.15, 0.2) is 0 Å². The lowest BCUT2D eigenvalue weighted by Crippen LogP contribution is -2.43. The van der Waals surface area contributed by atoms with Gasteiger partial charge in [-0.1, -0.05) is 6.92 Å². The molecule has 14 heavy (non-hydrogen) atoms. The number of nitrogens with two attached hydrogens (primary N) is 1. The van der Waals surface area contributed by atoms with Gasteiger partial charge in [0.15, 0.2) is 0 Å². The van der Waals surface area contributed by atoms with Crippen LogP contribution < -0.4 is 5.73 Å². The first kappa shape index (κ1) is 9.21. The first-order valence-electron chi connectivity index (χ1n) is 6.33. The highest BCUT2D eigenvalue weighted by molar-refractivity contribution is 5.03. The van der Waals surface area contributed by atoms with Gasteiger partial charge in [0.2, 0.25) is 0 Å². The third-order valence-electron chi connectivity index (χ3n) is 5.27. The maximum absolute atomic E-state index is 6.05. The van der Waals surface area contributed by atoms with Gasteiger partial charge in [-0.3, -0.25) is 0 Å². The number of hydrogen-bond donors (Lipinski definition) is 1. The molecule has 1 heteroatoms. The minimum Gasteiger partial charge on any atom is -0.330 e. The molecule has 0 amide bonds. The summed E-state index contributed by atoms with van der Waals surface area (Å²) in [6, 6.07) is 0. The van der Waals surface area contributed by atoms with Crippen molar-refractivity contribution in [3.8, 4) is 0 Å². The van der Waals surface area contributed by atoms with Crippen molar-refractivity contribution in [2.45, 2.75) is 51.9 Å². The average molecular weight is 193 g/mol. The van der Waals surface area contributed by atoms with E-state index in [9.17, 15) is 0 Å². The van der Waals surface area contributed by atoms with Crippen molar-refractivity contribution < 1.29 is 0 Å². The maximum Gasteiger partial charge on any atom is -0.00202 e. The molecule has 0 saturated heterocycles. The molecule has 4 fully saturated rings. The van der Waals surface area contributed by atoms with Gasteiger partial charge in [-0.25, -0.2) is 0 Å². The fourth-order valence-corrected chi connectivity index (χ4v) is 5.18. The van der Waals surface area contributed by atoms with E-state index in [1.807, 2.05) is 0 Å². The highest BCUT2D eigenvalue weighted by atomic mass is 14.7. The van der Waals surface area contributed by atoms with E-state index in [1.54, 1.807) is 0 Å². The van der Waals surface area contributed by atoms with Crippen LogP contribution in [0.3, 0.4) is 0 Å². The summed E-state index contributed by atoms with van der Waals surface area (Å²) in [5, 5.41) is 0. The van der Waals surface area contributed by atoms with E-state index in [0.29, 0.717) is 10.8 Å². The van der Waals surface area contributed by atoms with Crippen molar-refractivity contribution in [3.05, 3.63) is 0 Å². The molecule has 1 nitrogen and oxygen atoms in total. The molecule has 0 radical (unpaired) electrons. The largest absolute Gasteiger partial charge is 0.330 e. The van der Waals surface area contributed by atoms with E-state index in [-0.39, 0.29) is 0 Å². The molecule has 4 unspecified atom stereocenters. The standard InChI is InChI=1S/C13H23N/c1-12-5-10-2-3-13(8-12,9-14)7-11(4-10)6-12/h10-11H,2-9,14H2,1H3. The molecule has 4 bridgehead atoms. The highest BCUT2D eigenvalue weighted by Gasteiger charge is 2.51. The van der Waals surface area contributed by atoms with Crippen molar-refractivity contribution in [2.24, 2.45) is 28.4 Å². The van der Waals surface area contributed by atoms with Crippen molar-refractivity contribution in [1.29, 1.82) is 0 Å². The summed E-state index contributed by atoms with van der Waals surface area (Å²) >= 11 is 0. The van der Waals surface area contributed by atoms with E-state index in [4.69, 9.17) is 5.73 Å². The van der Waals surface area contributed by atoms with Crippen LogP contribution in [0.2, 0.25) is 0 Å². The van der Waals surface area contributed by atoms with E-state index in [0.717, 1.165) is 18.4 Å². The number of fused-ring (bicyclic) bond motifs is 1. The van der Waals surface area contributed by atoms with Gasteiger partial charge < -0.3 is 5.73 Å². The third-order valence-corrected chi connectivity index (χ3v) is 5.27. The highest BCUT2D eigenvalue weighted by Crippen LogP contribution is 2.61.